The molecule has 1 atom stereocenters. The highest BCUT2D eigenvalue weighted by Gasteiger charge is 2.36. The van der Waals surface area contributed by atoms with Gasteiger partial charge in [0.15, 0.2) is 0 Å². The summed E-state index contributed by atoms with van der Waals surface area (Å²) < 4.78 is 1.88. The van der Waals surface area contributed by atoms with Crippen LogP contribution < -0.4 is 5.73 Å². The van der Waals surface area contributed by atoms with Crippen LogP contribution >= 0.6 is 0 Å². The molecule has 1 aliphatic rings. The van der Waals surface area contributed by atoms with Gasteiger partial charge in [0, 0.05) is 31.5 Å². The molecular weight excluding hydrogens is 288 g/mol. The number of rotatable bonds is 2. The molecule has 3 rings (SSSR count). The van der Waals surface area contributed by atoms with Gasteiger partial charge in [-0.3, -0.25) is 4.79 Å². The van der Waals surface area contributed by atoms with Gasteiger partial charge < -0.3 is 15.2 Å². The average molecular weight is 312 g/mol. The van der Waals surface area contributed by atoms with Gasteiger partial charge in [-0.15, -0.1) is 0 Å². The predicted octanol–water partition coefficient (Wildman–Crippen LogP) is 2.38. The minimum Gasteiger partial charge on any atom is -0.338 e. The number of hydrogen-bond acceptors (Lipinski definition) is 3. The van der Waals surface area contributed by atoms with E-state index in [1.807, 2.05) is 40.8 Å². The normalized spacial score (nSPS) is 20.5. The lowest BCUT2D eigenvalue weighted by Crippen LogP contribution is -2.54. The fraction of sp³-hybridized carbons (Fsp3) is 0.444. The lowest BCUT2D eigenvalue weighted by Gasteiger charge is -2.42. The summed E-state index contributed by atoms with van der Waals surface area (Å²) in [5.74, 6) is 0.0670. The van der Waals surface area contributed by atoms with Gasteiger partial charge in [0.1, 0.15) is 0 Å². The highest BCUT2D eigenvalue weighted by molar-refractivity contribution is 5.98. The van der Waals surface area contributed by atoms with E-state index in [2.05, 4.69) is 18.8 Å². The molecule has 0 radical (unpaired) electrons. The second-order valence-electron chi connectivity index (χ2n) is 7.10. The van der Waals surface area contributed by atoms with Crippen LogP contribution in [0.5, 0.6) is 0 Å². The van der Waals surface area contributed by atoms with E-state index in [-0.39, 0.29) is 17.4 Å². The van der Waals surface area contributed by atoms with E-state index in [1.54, 1.807) is 12.5 Å². The van der Waals surface area contributed by atoms with Gasteiger partial charge in [-0.2, -0.15) is 0 Å². The molecule has 1 saturated heterocycles. The Labute approximate surface area is 137 Å². The first kappa shape index (κ1) is 15.7. The predicted molar refractivity (Wildman–Crippen MR) is 90.6 cm³/mol. The summed E-state index contributed by atoms with van der Waals surface area (Å²) in [6.07, 6.45) is 6.14. The van der Waals surface area contributed by atoms with Gasteiger partial charge in [-0.25, -0.2) is 4.98 Å². The van der Waals surface area contributed by atoms with Crippen LogP contribution in [0.4, 0.5) is 0 Å². The molecule has 1 aromatic carbocycles. The maximum absolute atomic E-state index is 13.1. The van der Waals surface area contributed by atoms with Crippen molar-refractivity contribution in [3.05, 3.63) is 48.0 Å². The number of amides is 1. The molecule has 0 spiro atoms. The van der Waals surface area contributed by atoms with Crippen molar-refractivity contribution in [2.24, 2.45) is 11.1 Å². The second kappa shape index (κ2) is 5.81. The Balaban J connectivity index is 1.95. The van der Waals surface area contributed by atoms with Crippen LogP contribution in [0.25, 0.3) is 5.69 Å². The van der Waals surface area contributed by atoms with Crippen LogP contribution in [-0.4, -0.2) is 39.5 Å². The molecule has 122 valence electrons. The second-order valence-corrected chi connectivity index (χ2v) is 7.10. The number of nitrogens with two attached hydrogens (primary N) is 1. The number of benzene rings is 1. The summed E-state index contributed by atoms with van der Waals surface area (Å²) in [5, 5.41) is 0. The first-order chi connectivity index (χ1) is 10.9. The van der Waals surface area contributed by atoms with Crippen LogP contribution in [0, 0.1) is 12.3 Å². The Morgan fingerprint density at radius 3 is 2.83 bits per heavy atom. The maximum atomic E-state index is 13.1. The molecule has 0 bridgehead atoms. The number of piperidine rings is 1. The number of carbonyl (C=O) groups excluding carboxylic acids is 1. The number of nitrogens with zero attached hydrogens (tertiary/aromatic N) is 3. The molecule has 0 saturated carbocycles. The van der Waals surface area contributed by atoms with E-state index in [4.69, 9.17) is 5.73 Å². The summed E-state index contributed by atoms with van der Waals surface area (Å²) in [7, 11) is 0. The van der Waals surface area contributed by atoms with Gasteiger partial charge >= 0.3 is 0 Å². The third kappa shape index (κ3) is 3.01. The van der Waals surface area contributed by atoms with Crippen molar-refractivity contribution >= 4 is 5.91 Å². The minimum absolute atomic E-state index is 0.0626. The molecular formula is C18H24N4O. The molecule has 5 nitrogen and oxygen atoms in total. The number of aromatic nitrogens is 2. The van der Waals surface area contributed by atoms with E-state index in [9.17, 15) is 4.79 Å². The molecule has 1 unspecified atom stereocenters. The smallest absolute Gasteiger partial charge is 0.256 e. The van der Waals surface area contributed by atoms with E-state index in [0.29, 0.717) is 18.7 Å². The zero-order valence-electron chi connectivity index (χ0n) is 14.0. The molecule has 2 N–H and O–H groups in total. The van der Waals surface area contributed by atoms with E-state index in [1.165, 1.54) is 0 Å². The average Bonchev–Trinajstić information content (AvgIpc) is 3.03. The zero-order chi connectivity index (χ0) is 16.6. The van der Waals surface area contributed by atoms with Gasteiger partial charge in [-0.05, 0) is 30.9 Å². The Kier molecular flexibility index (Phi) is 3.98. The molecule has 1 fully saturated rings. The topological polar surface area (TPSA) is 64.2 Å². The number of aryl methyl sites for hydroxylation is 1. The third-order valence-corrected chi connectivity index (χ3v) is 4.76. The summed E-state index contributed by atoms with van der Waals surface area (Å²) in [5.41, 5.74) is 8.79. The largest absolute Gasteiger partial charge is 0.338 e. The molecule has 1 aromatic heterocycles. The van der Waals surface area contributed by atoms with Crippen LogP contribution in [0.2, 0.25) is 0 Å². The van der Waals surface area contributed by atoms with Crippen molar-refractivity contribution in [2.45, 2.75) is 33.2 Å². The van der Waals surface area contributed by atoms with E-state index >= 15 is 0 Å². The third-order valence-electron chi connectivity index (χ3n) is 4.76. The Bertz CT molecular complexity index is 706. The highest BCUT2D eigenvalue weighted by atomic mass is 16.2. The molecule has 5 heteroatoms. The first-order valence-electron chi connectivity index (χ1n) is 8.02. The van der Waals surface area contributed by atoms with Crippen LogP contribution in [0.1, 0.15) is 36.2 Å². The minimum atomic E-state index is -0.0626. The lowest BCUT2D eigenvalue weighted by atomic mass is 9.79. The van der Waals surface area contributed by atoms with Gasteiger partial charge in [0.25, 0.3) is 5.91 Å². The van der Waals surface area contributed by atoms with Gasteiger partial charge in [-0.1, -0.05) is 25.5 Å². The summed E-state index contributed by atoms with van der Waals surface area (Å²) >= 11 is 0. The molecule has 1 aliphatic heterocycles. The monoisotopic (exact) mass is 312 g/mol. The molecule has 1 amide bonds. The standard InChI is InChI=1S/C18H24N4O/c1-13-4-5-15(22-9-7-20-12-22)14(10-13)17(23)21-8-6-16(19)18(2,3)11-21/h4-5,7,9-10,12,16H,6,8,11,19H2,1-3H3. The van der Waals surface area contributed by atoms with Crippen LogP contribution in [0.15, 0.2) is 36.9 Å². The Hall–Kier alpha value is -2.14. The quantitative estimate of drug-likeness (QED) is 0.926. The van der Waals surface area contributed by atoms with E-state index in [0.717, 1.165) is 17.7 Å². The fourth-order valence-electron chi connectivity index (χ4n) is 3.17. The van der Waals surface area contributed by atoms with Crippen molar-refractivity contribution < 1.29 is 4.79 Å². The molecule has 2 aromatic rings. The SMILES string of the molecule is Cc1ccc(-n2ccnc2)c(C(=O)N2CCC(N)C(C)(C)C2)c1. The maximum Gasteiger partial charge on any atom is 0.256 e. The first-order valence-corrected chi connectivity index (χ1v) is 8.02. The van der Waals surface area contributed by atoms with Gasteiger partial charge in [0.2, 0.25) is 0 Å². The van der Waals surface area contributed by atoms with Crippen LogP contribution in [-0.2, 0) is 0 Å². The molecule has 23 heavy (non-hydrogen) atoms. The number of hydrogen-bond donors (Lipinski definition) is 1. The Morgan fingerprint density at radius 1 is 1.39 bits per heavy atom. The van der Waals surface area contributed by atoms with Gasteiger partial charge in [0.05, 0.1) is 17.6 Å². The van der Waals surface area contributed by atoms with Crippen molar-refractivity contribution in [3.8, 4) is 5.69 Å². The zero-order valence-corrected chi connectivity index (χ0v) is 14.0. The summed E-state index contributed by atoms with van der Waals surface area (Å²) in [6.45, 7) is 7.66. The number of imidazole rings is 1. The van der Waals surface area contributed by atoms with Crippen molar-refractivity contribution in [3.63, 3.8) is 0 Å². The summed E-state index contributed by atoms with van der Waals surface area (Å²) in [4.78, 5) is 19.1. The number of likely N-dealkylation sites (tertiary alicyclic amines) is 1. The highest BCUT2D eigenvalue weighted by Crippen LogP contribution is 2.29. The number of carbonyl (C=O) groups is 1. The summed E-state index contributed by atoms with van der Waals surface area (Å²) in [6, 6.07) is 6.09. The molecule has 2 heterocycles. The van der Waals surface area contributed by atoms with Crippen molar-refractivity contribution in [1.29, 1.82) is 0 Å². The Morgan fingerprint density at radius 2 is 2.17 bits per heavy atom. The van der Waals surface area contributed by atoms with E-state index < -0.39 is 0 Å². The molecule has 0 aliphatic carbocycles. The van der Waals surface area contributed by atoms with Crippen LogP contribution in [0.3, 0.4) is 0 Å². The lowest BCUT2D eigenvalue weighted by molar-refractivity contribution is 0.0533. The van der Waals surface area contributed by atoms with Crippen molar-refractivity contribution in [2.75, 3.05) is 13.1 Å². The van der Waals surface area contributed by atoms with Crippen molar-refractivity contribution in [1.82, 2.24) is 14.5 Å². The fourth-order valence-corrected chi connectivity index (χ4v) is 3.17.